The van der Waals surface area contributed by atoms with Gasteiger partial charge in [-0.15, -0.1) is 0 Å². The van der Waals surface area contributed by atoms with Gasteiger partial charge in [0.05, 0.1) is 11.4 Å². The van der Waals surface area contributed by atoms with E-state index in [0.717, 1.165) is 21.2 Å². The van der Waals surface area contributed by atoms with Gasteiger partial charge in [-0.1, -0.05) is 11.8 Å². The molecule has 0 spiro atoms. The number of aromatic hydroxyl groups is 1. The van der Waals surface area contributed by atoms with Gasteiger partial charge in [-0.05, 0) is 36.4 Å². The van der Waals surface area contributed by atoms with Crippen LogP contribution in [0, 0.1) is 5.82 Å². The molecule has 4 heteroatoms. The van der Waals surface area contributed by atoms with Crippen molar-refractivity contribution in [3.8, 4) is 5.75 Å². The first kappa shape index (κ1) is 9.54. The van der Waals surface area contributed by atoms with Crippen LogP contribution < -0.4 is 5.32 Å². The predicted octanol–water partition coefficient (Wildman–Crippen LogP) is 3.74. The zero-order valence-electron chi connectivity index (χ0n) is 8.20. The molecule has 0 unspecified atom stereocenters. The minimum absolute atomic E-state index is 0.216. The molecular formula is C12H8FNOS. The topological polar surface area (TPSA) is 32.3 Å². The average Bonchev–Trinajstić information content (AvgIpc) is 2.26. The molecule has 0 aromatic heterocycles. The van der Waals surface area contributed by atoms with Gasteiger partial charge in [-0.25, -0.2) is 4.39 Å². The van der Waals surface area contributed by atoms with Crippen LogP contribution in [0.5, 0.6) is 5.75 Å². The van der Waals surface area contributed by atoms with Gasteiger partial charge < -0.3 is 10.4 Å². The third-order valence-corrected chi connectivity index (χ3v) is 3.51. The number of phenolic OH excluding ortho intramolecular Hbond substituents is 1. The lowest BCUT2D eigenvalue weighted by molar-refractivity contribution is 0.474. The van der Waals surface area contributed by atoms with E-state index >= 15 is 0 Å². The fourth-order valence-corrected chi connectivity index (χ4v) is 2.69. The Hall–Kier alpha value is -1.68. The number of hydrogen-bond acceptors (Lipinski definition) is 3. The van der Waals surface area contributed by atoms with Crippen LogP contribution in [0.3, 0.4) is 0 Å². The molecule has 2 aromatic rings. The highest BCUT2D eigenvalue weighted by molar-refractivity contribution is 7.99. The van der Waals surface area contributed by atoms with E-state index < -0.39 is 0 Å². The summed E-state index contributed by atoms with van der Waals surface area (Å²) in [5.41, 5.74) is 1.83. The summed E-state index contributed by atoms with van der Waals surface area (Å²) in [7, 11) is 0. The molecule has 0 saturated heterocycles. The van der Waals surface area contributed by atoms with Gasteiger partial charge in [0.25, 0.3) is 0 Å². The summed E-state index contributed by atoms with van der Waals surface area (Å²) in [6.45, 7) is 0. The predicted molar refractivity (Wildman–Crippen MR) is 61.9 cm³/mol. The van der Waals surface area contributed by atoms with Crippen LogP contribution >= 0.6 is 11.8 Å². The lowest BCUT2D eigenvalue weighted by Gasteiger charge is -2.20. The van der Waals surface area contributed by atoms with Crippen LogP contribution in [0.15, 0.2) is 46.2 Å². The van der Waals surface area contributed by atoms with E-state index in [2.05, 4.69) is 5.32 Å². The Bertz CT molecular complexity index is 521. The van der Waals surface area contributed by atoms with E-state index in [0.29, 0.717) is 0 Å². The second-order valence-electron chi connectivity index (χ2n) is 3.55. The third-order valence-electron chi connectivity index (χ3n) is 2.40. The summed E-state index contributed by atoms with van der Waals surface area (Å²) in [5, 5.41) is 12.6. The lowest BCUT2D eigenvalue weighted by Crippen LogP contribution is -1.99. The highest BCUT2D eigenvalue weighted by Gasteiger charge is 2.16. The first-order valence-corrected chi connectivity index (χ1v) is 5.61. The summed E-state index contributed by atoms with van der Waals surface area (Å²) < 4.78 is 13.1. The van der Waals surface area contributed by atoms with Gasteiger partial charge in [0, 0.05) is 9.79 Å². The highest BCUT2D eigenvalue weighted by Crippen LogP contribution is 2.45. The zero-order chi connectivity index (χ0) is 11.1. The fourth-order valence-electron chi connectivity index (χ4n) is 1.65. The van der Waals surface area contributed by atoms with Gasteiger partial charge in [-0.3, -0.25) is 0 Å². The maximum atomic E-state index is 13.1. The number of rotatable bonds is 0. The molecular weight excluding hydrogens is 225 g/mol. The van der Waals surface area contributed by atoms with E-state index in [-0.39, 0.29) is 11.6 Å². The molecule has 0 bridgehead atoms. The first-order valence-electron chi connectivity index (χ1n) is 4.80. The highest BCUT2D eigenvalue weighted by atomic mass is 32.2. The molecule has 3 rings (SSSR count). The molecule has 2 nitrogen and oxygen atoms in total. The van der Waals surface area contributed by atoms with Crippen molar-refractivity contribution in [1.82, 2.24) is 0 Å². The van der Waals surface area contributed by atoms with Gasteiger partial charge in [0.2, 0.25) is 0 Å². The van der Waals surface area contributed by atoms with Crippen molar-refractivity contribution in [2.24, 2.45) is 0 Å². The Morgan fingerprint density at radius 2 is 1.69 bits per heavy atom. The van der Waals surface area contributed by atoms with Crippen LogP contribution in [0.2, 0.25) is 0 Å². The average molecular weight is 233 g/mol. The minimum Gasteiger partial charge on any atom is -0.508 e. The van der Waals surface area contributed by atoms with Crippen molar-refractivity contribution < 1.29 is 9.50 Å². The molecule has 2 N–H and O–H groups in total. The molecule has 16 heavy (non-hydrogen) atoms. The van der Waals surface area contributed by atoms with E-state index in [1.807, 2.05) is 6.07 Å². The number of phenols is 1. The second kappa shape index (κ2) is 3.42. The van der Waals surface area contributed by atoms with Crippen LogP contribution in [-0.4, -0.2) is 5.11 Å². The molecule has 0 aliphatic carbocycles. The third kappa shape index (κ3) is 1.51. The van der Waals surface area contributed by atoms with Gasteiger partial charge in [-0.2, -0.15) is 0 Å². The Kier molecular flexibility index (Phi) is 2.04. The van der Waals surface area contributed by atoms with Gasteiger partial charge in [0.15, 0.2) is 0 Å². The normalized spacial score (nSPS) is 12.6. The molecule has 0 atom stereocenters. The first-order chi connectivity index (χ1) is 7.72. The van der Waals surface area contributed by atoms with Crippen LogP contribution in [0.4, 0.5) is 15.8 Å². The maximum Gasteiger partial charge on any atom is 0.124 e. The van der Waals surface area contributed by atoms with Crippen molar-refractivity contribution in [1.29, 1.82) is 0 Å². The monoisotopic (exact) mass is 233 g/mol. The zero-order valence-corrected chi connectivity index (χ0v) is 9.01. The van der Waals surface area contributed by atoms with Crippen LogP contribution in [-0.2, 0) is 0 Å². The summed E-state index contributed by atoms with van der Waals surface area (Å²) in [4.78, 5) is 1.73. The van der Waals surface area contributed by atoms with Crippen LogP contribution in [0.25, 0.3) is 0 Å². The van der Waals surface area contributed by atoms with E-state index in [1.165, 1.54) is 23.9 Å². The molecule has 0 amide bonds. The quantitative estimate of drug-likeness (QED) is 0.580. The number of fused-ring (bicyclic) bond motifs is 2. The fraction of sp³-hybridized carbons (Fsp3) is 0. The minimum atomic E-state index is -0.253. The van der Waals surface area contributed by atoms with Gasteiger partial charge >= 0.3 is 0 Å². The van der Waals surface area contributed by atoms with E-state index in [9.17, 15) is 9.50 Å². The second-order valence-corrected chi connectivity index (χ2v) is 4.63. The van der Waals surface area contributed by atoms with E-state index in [4.69, 9.17) is 0 Å². The number of hydrogen-bond donors (Lipinski definition) is 2. The van der Waals surface area contributed by atoms with E-state index in [1.54, 1.807) is 18.2 Å². The van der Waals surface area contributed by atoms with Crippen molar-refractivity contribution >= 4 is 23.1 Å². The van der Waals surface area contributed by atoms with Crippen molar-refractivity contribution in [3.63, 3.8) is 0 Å². The Balaban J connectivity index is 2.10. The Morgan fingerprint density at radius 1 is 1.00 bits per heavy atom. The number of halogens is 1. The maximum absolute atomic E-state index is 13.1. The summed E-state index contributed by atoms with van der Waals surface area (Å²) in [5.74, 6) is -0.0374. The number of nitrogens with one attached hydrogen (secondary N) is 1. The smallest absolute Gasteiger partial charge is 0.124 e. The Labute approximate surface area is 96.1 Å². The number of benzene rings is 2. The summed E-state index contributed by atoms with van der Waals surface area (Å²) in [6.07, 6.45) is 0. The largest absolute Gasteiger partial charge is 0.508 e. The van der Waals surface area contributed by atoms with Crippen molar-refractivity contribution in [2.75, 3.05) is 5.32 Å². The molecule has 1 aliphatic rings. The summed E-state index contributed by atoms with van der Waals surface area (Å²) >= 11 is 1.45. The molecule has 80 valence electrons. The molecule has 0 radical (unpaired) electrons. The standard InChI is InChI=1S/C12H8FNOS/c13-7-1-3-9-11(5-7)16-12-6-8(15)2-4-10(12)14-9/h1-6,14-15H. The molecule has 1 aliphatic heterocycles. The Morgan fingerprint density at radius 3 is 2.50 bits per heavy atom. The molecule has 0 saturated carbocycles. The molecule has 1 heterocycles. The van der Waals surface area contributed by atoms with Crippen LogP contribution in [0.1, 0.15) is 0 Å². The van der Waals surface area contributed by atoms with Gasteiger partial charge in [0.1, 0.15) is 11.6 Å². The molecule has 2 aromatic carbocycles. The number of anilines is 2. The lowest BCUT2D eigenvalue weighted by atomic mass is 10.2. The van der Waals surface area contributed by atoms with Crippen molar-refractivity contribution in [3.05, 3.63) is 42.2 Å². The summed E-state index contributed by atoms with van der Waals surface area (Å²) in [6, 6.07) is 9.73. The van der Waals surface area contributed by atoms with Crippen molar-refractivity contribution in [2.45, 2.75) is 9.79 Å². The SMILES string of the molecule is Oc1ccc2c(c1)Sc1cc(F)ccc1N2. The molecule has 0 fully saturated rings.